The van der Waals surface area contributed by atoms with Crippen LogP contribution in [0.15, 0.2) is 12.1 Å². The summed E-state index contributed by atoms with van der Waals surface area (Å²) in [6.07, 6.45) is -0.149. The van der Waals surface area contributed by atoms with Gasteiger partial charge in [-0.15, -0.1) is 0 Å². The molecule has 0 saturated carbocycles. The maximum atomic E-state index is 12.5. The topological polar surface area (TPSA) is 85.3 Å². The van der Waals surface area contributed by atoms with Gasteiger partial charge in [-0.1, -0.05) is 0 Å². The average Bonchev–Trinajstić information content (AvgIpc) is 2.97. The highest BCUT2D eigenvalue weighted by atomic mass is 16.6. The minimum absolute atomic E-state index is 0.288. The van der Waals surface area contributed by atoms with E-state index in [1.54, 1.807) is 20.8 Å². The molecule has 1 fully saturated rings. The Labute approximate surface area is 153 Å². The zero-order valence-electron chi connectivity index (χ0n) is 16.2. The van der Waals surface area contributed by atoms with Gasteiger partial charge in [-0.3, -0.25) is 4.90 Å². The zero-order valence-corrected chi connectivity index (χ0v) is 16.2. The van der Waals surface area contributed by atoms with Crippen molar-refractivity contribution in [3.8, 4) is 11.5 Å². The molecule has 0 radical (unpaired) electrons. The fraction of sp³-hybridized carbons (Fsp3) is 0.579. The second-order valence-corrected chi connectivity index (χ2v) is 7.44. The molecule has 144 valence electrons. The molecule has 26 heavy (non-hydrogen) atoms. The van der Waals surface area contributed by atoms with Crippen LogP contribution in [0.3, 0.4) is 0 Å². The van der Waals surface area contributed by atoms with Gasteiger partial charge in [-0.25, -0.2) is 9.59 Å². The number of amides is 1. The van der Waals surface area contributed by atoms with Gasteiger partial charge in [0.1, 0.15) is 23.1 Å². The van der Waals surface area contributed by atoms with Crippen molar-refractivity contribution in [2.45, 2.75) is 51.7 Å². The summed E-state index contributed by atoms with van der Waals surface area (Å²) in [5.41, 5.74) is 0.910. The molecule has 0 aliphatic carbocycles. The third-order valence-electron chi connectivity index (χ3n) is 4.34. The first kappa shape index (κ1) is 19.9. The van der Waals surface area contributed by atoms with Crippen molar-refractivity contribution < 1.29 is 28.9 Å². The summed E-state index contributed by atoms with van der Waals surface area (Å²) in [5, 5.41) is 9.81. The van der Waals surface area contributed by atoms with E-state index in [4.69, 9.17) is 14.2 Å². The largest absolute Gasteiger partial charge is 0.496 e. The van der Waals surface area contributed by atoms with Crippen LogP contribution in [-0.4, -0.2) is 54.5 Å². The molecule has 0 aromatic heterocycles. The van der Waals surface area contributed by atoms with Crippen LogP contribution in [0, 0.1) is 6.92 Å². The highest BCUT2D eigenvalue weighted by Gasteiger charge is 2.46. The summed E-state index contributed by atoms with van der Waals surface area (Å²) in [6, 6.07) is 2.63. The predicted octanol–water partition coefficient (Wildman–Crippen LogP) is 3.19. The number of likely N-dealkylation sites (tertiary alicyclic amines) is 1. The van der Waals surface area contributed by atoms with Gasteiger partial charge in [-0.2, -0.15) is 0 Å². The number of rotatable bonds is 4. The van der Waals surface area contributed by atoms with Crippen LogP contribution in [0.2, 0.25) is 0 Å². The van der Waals surface area contributed by atoms with E-state index in [0.29, 0.717) is 23.5 Å². The lowest BCUT2D eigenvalue weighted by molar-refractivity contribution is -0.142. The molecule has 7 heteroatoms. The molecule has 1 amide bonds. The first-order valence-corrected chi connectivity index (χ1v) is 8.54. The molecule has 1 N–H and O–H groups in total. The molecular formula is C19H27NO6. The van der Waals surface area contributed by atoms with Crippen molar-refractivity contribution in [1.29, 1.82) is 0 Å². The van der Waals surface area contributed by atoms with Crippen molar-refractivity contribution in [2.24, 2.45) is 0 Å². The Bertz CT molecular complexity index is 669. The molecule has 0 bridgehead atoms. The normalized spacial score (nSPS) is 20.0. The number of benzene rings is 1. The molecule has 1 aliphatic heterocycles. The van der Waals surface area contributed by atoms with Crippen molar-refractivity contribution in [1.82, 2.24) is 4.90 Å². The molecule has 1 aliphatic rings. The number of carboxylic acids is 1. The summed E-state index contributed by atoms with van der Waals surface area (Å²) < 4.78 is 16.3. The standard InChI is InChI=1S/C19H27NO6/c1-11-9-13(24-5)15(14(10-11)25-6)12-7-8-20(16(12)17(21)22)18(23)26-19(2,3)4/h9-10,12,16H,7-8H2,1-6H3,(H,21,22)/t12-,16-/m0/s1. The smallest absolute Gasteiger partial charge is 0.411 e. The van der Waals surface area contributed by atoms with Crippen molar-refractivity contribution >= 4 is 12.1 Å². The number of nitrogens with zero attached hydrogens (tertiary/aromatic N) is 1. The van der Waals surface area contributed by atoms with Crippen LogP contribution >= 0.6 is 0 Å². The fourth-order valence-electron chi connectivity index (χ4n) is 3.36. The number of carboxylic acid groups (broad SMARTS) is 1. The molecule has 2 rings (SSSR count). The quantitative estimate of drug-likeness (QED) is 0.882. The Hall–Kier alpha value is -2.44. The van der Waals surface area contributed by atoms with E-state index in [1.807, 2.05) is 19.1 Å². The van der Waals surface area contributed by atoms with E-state index in [2.05, 4.69) is 0 Å². The van der Waals surface area contributed by atoms with E-state index >= 15 is 0 Å². The molecule has 7 nitrogen and oxygen atoms in total. The number of aryl methyl sites for hydroxylation is 1. The minimum Gasteiger partial charge on any atom is -0.496 e. The van der Waals surface area contributed by atoms with E-state index in [0.717, 1.165) is 5.56 Å². The molecule has 1 heterocycles. The lowest BCUT2D eigenvalue weighted by Gasteiger charge is -2.29. The first-order valence-electron chi connectivity index (χ1n) is 8.54. The maximum absolute atomic E-state index is 12.5. The molecule has 0 unspecified atom stereocenters. The maximum Gasteiger partial charge on any atom is 0.411 e. The second kappa shape index (κ2) is 7.43. The summed E-state index contributed by atoms with van der Waals surface area (Å²) in [6.45, 7) is 7.45. The summed E-state index contributed by atoms with van der Waals surface area (Å²) in [5.74, 6) is -0.415. The van der Waals surface area contributed by atoms with E-state index in [-0.39, 0.29) is 6.54 Å². The molecular weight excluding hydrogens is 338 g/mol. The number of aliphatic carboxylic acids is 1. The first-order chi connectivity index (χ1) is 12.1. The van der Waals surface area contributed by atoms with E-state index in [1.165, 1.54) is 19.1 Å². The number of hydrogen-bond donors (Lipinski definition) is 1. The van der Waals surface area contributed by atoms with Crippen molar-refractivity contribution in [3.63, 3.8) is 0 Å². The van der Waals surface area contributed by atoms with Gasteiger partial charge in [0.15, 0.2) is 0 Å². The lowest BCUT2D eigenvalue weighted by Crippen LogP contribution is -2.45. The van der Waals surface area contributed by atoms with E-state index < -0.39 is 29.6 Å². The molecule has 1 aromatic carbocycles. The van der Waals surface area contributed by atoms with E-state index in [9.17, 15) is 14.7 Å². The molecule has 1 aromatic rings. The number of hydrogen-bond acceptors (Lipinski definition) is 5. The van der Waals surface area contributed by atoms with Gasteiger partial charge in [-0.05, 0) is 51.8 Å². The Kier molecular flexibility index (Phi) is 5.68. The van der Waals surface area contributed by atoms with Crippen LogP contribution in [0.5, 0.6) is 11.5 Å². The van der Waals surface area contributed by atoms with Gasteiger partial charge in [0.2, 0.25) is 0 Å². The third kappa shape index (κ3) is 4.03. The lowest BCUT2D eigenvalue weighted by atomic mass is 9.89. The van der Waals surface area contributed by atoms with Gasteiger partial charge in [0.05, 0.1) is 14.2 Å². The van der Waals surface area contributed by atoms with Crippen LogP contribution in [0.4, 0.5) is 4.79 Å². The summed E-state index contributed by atoms with van der Waals surface area (Å²) in [4.78, 5) is 25.8. The molecule has 1 saturated heterocycles. The van der Waals surface area contributed by atoms with Gasteiger partial charge < -0.3 is 19.3 Å². The van der Waals surface area contributed by atoms with Gasteiger partial charge >= 0.3 is 12.1 Å². The second-order valence-electron chi connectivity index (χ2n) is 7.44. The number of methoxy groups -OCH3 is 2. The predicted molar refractivity (Wildman–Crippen MR) is 96.0 cm³/mol. The number of carbonyl (C=O) groups is 2. The van der Waals surface area contributed by atoms with Crippen LogP contribution in [-0.2, 0) is 9.53 Å². The van der Waals surface area contributed by atoms with Gasteiger partial charge in [0.25, 0.3) is 0 Å². The number of carbonyl (C=O) groups excluding carboxylic acids is 1. The Morgan fingerprint density at radius 2 is 1.69 bits per heavy atom. The fourth-order valence-corrected chi connectivity index (χ4v) is 3.36. The van der Waals surface area contributed by atoms with Crippen LogP contribution < -0.4 is 9.47 Å². The molecule has 2 atom stereocenters. The minimum atomic E-state index is -1.08. The highest BCUT2D eigenvalue weighted by molar-refractivity contribution is 5.82. The molecule has 0 spiro atoms. The Morgan fingerprint density at radius 3 is 2.12 bits per heavy atom. The summed E-state index contributed by atoms with van der Waals surface area (Å²) in [7, 11) is 3.07. The van der Waals surface area contributed by atoms with Crippen molar-refractivity contribution in [2.75, 3.05) is 20.8 Å². The monoisotopic (exact) mass is 365 g/mol. The highest BCUT2D eigenvalue weighted by Crippen LogP contribution is 2.44. The summed E-state index contributed by atoms with van der Waals surface area (Å²) >= 11 is 0. The van der Waals surface area contributed by atoms with Crippen molar-refractivity contribution in [3.05, 3.63) is 23.3 Å². The van der Waals surface area contributed by atoms with Crippen LogP contribution in [0.1, 0.15) is 44.2 Å². The van der Waals surface area contributed by atoms with Gasteiger partial charge in [0, 0.05) is 18.0 Å². The Morgan fingerprint density at radius 1 is 1.15 bits per heavy atom. The number of ether oxygens (including phenoxy) is 3. The SMILES string of the molecule is COc1cc(C)cc(OC)c1[C@@H]1CCN(C(=O)OC(C)(C)C)[C@@H]1C(=O)O. The average molecular weight is 365 g/mol. The zero-order chi connectivity index (χ0) is 19.6. The third-order valence-corrected chi connectivity index (χ3v) is 4.34. The van der Waals surface area contributed by atoms with Crippen LogP contribution in [0.25, 0.3) is 0 Å². The Balaban J connectivity index is 2.45.